The van der Waals surface area contributed by atoms with Crippen molar-refractivity contribution >= 4 is 0 Å². The van der Waals surface area contributed by atoms with Crippen LogP contribution in [0, 0.1) is 5.41 Å². The van der Waals surface area contributed by atoms with Crippen LogP contribution in [-0.4, -0.2) is 11.7 Å². The molecule has 0 amide bonds. The predicted molar refractivity (Wildman–Crippen MR) is 50.4 cm³/mol. The topological polar surface area (TPSA) is 52.0 Å². The molecule has 0 aliphatic heterocycles. The number of hydrogen-bond acceptors (Lipinski definition) is 3. The molecule has 0 aromatic carbocycles. The summed E-state index contributed by atoms with van der Waals surface area (Å²) in [6, 6.07) is 0. The van der Waals surface area contributed by atoms with Crippen molar-refractivity contribution in [2.24, 2.45) is 11.1 Å². The van der Waals surface area contributed by atoms with Crippen LogP contribution in [0.5, 0.6) is 0 Å². The Hall–Kier alpha value is -0.830. The van der Waals surface area contributed by atoms with Crippen LogP contribution in [0.4, 0.5) is 0 Å². The maximum absolute atomic E-state index is 5.78. The normalized spacial score (nSPS) is 25.6. The summed E-state index contributed by atoms with van der Waals surface area (Å²) in [5.74, 6) is 1.44. The van der Waals surface area contributed by atoms with Crippen molar-refractivity contribution in [3.8, 4) is 0 Å². The first-order valence-corrected chi connectivity index (χ1v) is 4.78. The SMILES string of the molecule is CC1(C)CCc2oncc2C1CN. The highest BCUT2D eigenvalue weighted by atomic mass is 16.5. The predicted octanol–water partition coefficient (Wildman–Crippen LogP) is 1.69. The lowest BCUT2D eigenvalue weighted by Gasteiger charge is -2.36. The molecule has 1 heterocycles. The molecule has 1 aliphatic carbocycles. The highest BCUT2D eigenvalue weighted by Gasteiger charge is 2.36. The van der Waals surface area contributed by atoms with Gasteiger partial charge in [0.2, 0.25) is 0 Å². The van der Waals surface area contributed by atoms with Gasteiger partial charge in [0.15, 0.2) is 0 Å². The van der Waals surface area contributed by atoms with E-state index in [-0.39, 0.29) is 5.41 Å². The van der Waals surface area contributed by atoms with Crippen LogP contribution in [0.2, 0.25) is 0 Å². The van der Waals surface area contributed by atoms with Gasteiger partial charge in [-0.2, -0.15) is 0 Å². The molecule has 1 aromatic heterocycles. The third-order valence-electron chi connectivity index (χ3n) is 3.23. The first-order chi connectivity index (χ1) is 6.15. The minimum Gasteiger partial charge on any atom is -0.361 e. The lowest BCUT2D eigenvalue weighted by molar-refractivity contribution is 0.230. The van der Waals surface area contributed by atoms with E-state index in [2.05, 4.69) is 19.0 Å². The van der Waals surface area contributed by atoms with Crippen LogP contribution in [0.15, 0.2) is 10.7 Å². The zero-order valence-corrected chi connectivity index (χ0v) is 8.21. The molecule has 13 heavy (non-hydrogen) atoms. The quantitative estimate of drug-likeness (QED) is 0.715. The van der Waals surface area contributed by atoms with Crippen molar-refractivity contribution in [2.75, 3.05) is 6.54 Å². The van der Waals surface area contributed by atoms with Gasteiger partial charge in [-0.05, 0) is 18.4 Å². The third kappa shape index (κ3) is 1.27. The van der Waals surface area contributed by atoms with E-state index in [9.17, 15) is 0 Å². The number of hydrogen-bond donors (Lipinski definition) is 1. The standard InChI is InChI=1S/C10H16N2O/c1-10(2)4-3-9-7(6-12-13-9)8(10)5-11/h6,8H,3-5,11H2,1-2H3. The molecule has 0 spiro atoms. The maximum atomic E-state index is 5.78. The van der Waals surface area contributed by atoms with Crippen LogP contribution >= 0.6 is 0 Å². The average molecular weight is 180 g/mol. The van der Waals surface area contributed by atoms with Gasteiger partial charge in [-0.25, -0.2) is 0 Å². The number of aromatic nitrogens is 1. The van der Waals surface area contributed by atoms with Crippen LogP contribution in [-0.2, 0) is 6.42 Å². The van der Waals surface area contributed by atoms with E-state index in [4.69, 9.17) is 10.3 Å². The minimum atomic E-state index is 0.285. The van der Waals surface area contributed by atoms with Crippen molar-refractivity contribution in [3.05, 3.63) is 17.5 Å². The van der Waals surface area contributed by atoms with E-state index >= 15 is 0 Å². The van der Waals surface area contributed by atoms with Crippen molar-refractivity contribution in [3.63, 3.8) is 0 Å². The molecule has 2 rings (SSSR count). The fraction of sp³-hybridized carbons (Fsp3) is 0.700. The van der Waals surface area contributed by atoms with Crippen molar-refractivity contribution in [1.29, 1.82) is 0 Å². The summed E-state index contributed by atoms with van der Waals surface area (Å²) < 4.78 is 5.18. The average Bonchev–Trinajstić information content (AvgIpc) is 2.50. The summed E-state index contributed by atoms with van der Waals surface area (Å²) in [6.07, 6.45) is 3.96. The molecule has 2 N–H and O–H groups in total. The van der Waals surface area contributed by atoms with Gasteiger partial charge in [-0.3, -0.25) is 0 Å². The van der Waals surface area contributed by atoms with Gasteiger partial charge < -0.3 is 10.3 Å². The Morgan fingerprint density at radius 3 is 3.15 bits per heavy atom. The lowest BCUT2D eigenvalue weighted by Crippen LogP contribution is -2.32. The molecule has 0 fully saturated rings. The van der Waals surface area contributed by atoms with Crippen molar-refractivity contribution in [2.45, 2.75) is 32.6 Å². The van der Waals surface area contributed by atoms with E-state index in [0.717, 1.165) is 18.6 Å². The number of aryl methyl sites for hydroxylation is 1. The summed E-state index contributed by atoms with van der Waals surface area (Å²) >= 11 is 0. The number of nitrogens with two attached hydrogens (primary N) is 1. The first-order valence-electron chi connectivity index (χ1n) is 4.78. The van der Waals surface area contributed by atoms with Crippen molar-refractivity contribution in [1.82, 2.24) is 5.16 Å². The molecule has 1 aromatic rings. The Balaban J connectivity index is 2.41. The van der Waals surface area contributed by atoms with Crippen LogP contribution in [0.3, 0.4) is 0 Å². The van der Waals surface area contributed by atoms with Crippen LogP contribution in [0.1, 0.15) is 37.5 Å². The molecule has 1 aliphatic rings. The summed E-state index contributed by atoms with van der Waals surface area (Å²) in [4.78, 5) is 0. The van der Waals surface area contributed by atoms with E-state index in [1.54, 1.807) is 0 Å². The first kappa shape index (κ1) is 8.75. The Bertz CT molecular complexity index is 304. The molecule has 1 unspecified atom stereocenters. The fourth-order valence-electron chi connectivity index (χ4n) is 2.22. The Kier molecular flexibility index (Phi) is 1.91. The summed E-state index contributed by atoms with van der Waals surface area (Å²) in [5, 5.41) is 3.84. The molecule has 3 nitrogen and oxygen atoms in total. The van der Waals surface area contributed by atoms with Crippen LogP contribution in [0.25, 0.3) is 0 Å². The Labute approximate surface area is 78.3 Å². The largest absolute Gasteiger partial charge is 0.361 e. The molecule has 0 radical (unpaired) electrons. The smallest absolute Gasteiger partial charge is 0.140 e. The van der Waals surface area contributed by atoms with Gasteiger partial charge in [-0.15, -0.1) is 0 Å². The Morgan fingerprint density at radius 2 is 2.46 bits per heavy atom. The third-order valence-corrected chi connectivity index (χ3v) is 3.23. The van der Waals surface area contributed by atoms with E-state index in [0.29, 0.717) is 12.5 Å². The fourth-order valence-corrected chi connectivity index (χ4v) is 2.22. The number of nitrogens with zero attached hydrogens (tertiary/aromatic N) is 1. The summed E-state index contributed by atoms with van der Waals surface area (Å²) in [6.45, 7) is 5.21. The number of rotatable bonds is 1. The van der Waals surface area contributed by atoms with Crippen LogP contribution < -0.4 is 5.73 Å². The zero-order valence-electron chi connectivity index (χ0n) is 8.21. The second-order valence-electron chi connectivity index (χ2n) is 4.48. The minimum absolute atomic E-state index is 0.285. The summed E-state index contributed by atoms with van der Waals surface area (Å²) in [7, 11) is 0. The van der Waals surface area contributed by atoms with E-state index in [1.165, 1.54) is 5.56 Å². The van der Waals surface area contributed by atoms with E-state index < -0.39 is 0 Å². The van der Waals surface area contributed by atoms with E-state index in [1.807, 2.05) is 6.20 Å². The zero-order chi connectivity index (χ0) is 9.47. The lowest BCUT2D eigenvalue weighted by atomic mass is 9.68. The molecule has 1 atom stereocenters. The Morgan fingerprint density at radius 1 is 1.69 bits per heavy atom. The number of fused-ring (bicyclic) bond motifs is 1. The monoisotopic (exact) mass is 180 g/mol. The van der Waals surface area contributed by atoms with Gasteiger partial charge in [0, 0.05) is 17.9 Å². The highest BCUT2D eigenvalue weighted by Crippen LogP contribution is 2.44. The molecular formula is C10H16N2O. The molecule has 0 bridgehead atoms. The molecule has 3 heteroatoms. The van der Waals surface area contributed by atoms with Crippen molar-refractivity contribution < 1.29 is 4.52 Å². The molecular weight excluding hydrogens is 164 g/mol. The van der Waals surface area contributed by atoms with Gasteiger partial charge in [0.1, 0.15) is 5.76 Å². The second kappa shape index (κ2) is 2.84. The maximum Gasteiger partial charge on any atom is 0.140 e. The molecule has 72 valence electrons. The summed E-state index contributed by atoms with van der Waals surface area (Å²) in [5.41, 5.74) is 7.29. The van der Waals surface area contributed by atoms with Gasteiger partial charge in [0.05, 0.1) is 6.20 Å². The highest BCUT2D eigenvalue weighted by molar-refractivity contribution is 5.25. The van der Waals surface area contributed by atoms with Gasteiger partial charge >= 0.3 is 0 Å². The molecule has 0 saturated carbocycles. The molecule has 0 saturated heterocycles. The van der Waals surface area contributed by atoms with Gasteiger partial charge in [-0.1, -0.05) is 19.0 Å². The van der Waals surface area contributed by atoms with Gasteiger partial charge in [0.25, 0.3) is 0 Å². The second-order valence-corrected chi connectivity index (χ2v) is 4.48.